The second-order valence-corrected chi connectivity index (χ2v) is 10.8. The Morgan fingerprint density at radius 3 is 2.23 bits per heavy atom. The minimum Gasteiger partial charge on any atom is -0.465 e. The summed E-state index contributed by atoms with van der Waals surface area (Å²) < 4.78 is 6.83. The van der Waals surface area contributed by atoms with Crippen molar-refractivity contribution in [1.82, 2.24) is 19.8 Å². The van der Waals surface area contributed by atoms with Gasteiger partial charge in [-0.3, -0.25) is 10.2 Å². The van der Waals surface area contributed by atoms with Gasteiger partial charge in [0.05, 0.1) is 23.7 Å². The van der Waals surface area contributed by atoms with Crippen LogP contribution in [0.15, 0.2) is 42.5 Å². The van der Waals surface area contributed by atoms with Crippen LogP contribution in [0.4, 0.5) is 11.6 Å². The van der Waals surface area contributed by atoms with E-state index in [2.05, 4.69) is 38.3 Å². The van der Waals surface area contributed by atoms with Gasteiger partial charge in [-0.05, 0) is 73.6 Å². The van der Waals surface area contributed by atoms with Crippen LogP contribution in [0.3, 0.4) is 0 Å². The maximum atomic E-state index is 13.7. The molecule has 0 fully saturated rings. The van der Waals surface area contributed by atoms with Crippen LogP contribution in [0.2, 0.25) is 0 Å². The molecule has 0 aliphatic carbocycles. The quantitative estimate of drug-likeness (QED) is 0.0963. The summed E-state index contributed by atoms with van der Waals surface area (Å²) in [6, 6.07) is 12.6. The molecule has 3 rings (SSSR count). The Morgan fingerprint density at radius 1 is 1.02 bits per heavy atom. The molecule has 0 unspecified atom stereocenters. The molecule has 10 nitrogen and oxygen atoms in total. The smallest absolute Gasteiger partial charge is 0.337 e. The van der Waals surface area contributed by atoms with Crippen LogP contribution >= 0.6 is 0 Å². The highest BCUT2D eigenvalue weighted by Crippen LogP contribution is 2.26. The molecule has 5 N–H and O–H groups in total. The van der Waals surface area contributed by atoms with Crippen LogP contribution in [-0.2, 0) is 11.3 Å². The average Bonchev–Trinajstić information content (AvgIpc) is 3.26. The van der Waals surface area contributed by atoms with E-state index in [0.717, 1.165) is 42.7 Å². The highest BCUT2D eigenvalue weighted by Gasteiger charge is 2.19. The summed E-state index contributed by atoms with van der Waals surface area (Å²) in [7, 11) is 1.35. The van der Waals surface area contributed by atoms with Gasteiger partial charge in [0.2, 0.25) is 5.95 Å². The standard InChI is InChI=1S/C30H43N7O3/c1-20(2)13-17-36(18-14-21(3)4)27(38)23-9-12-25-26(19-23)37(16-6-15-33-29(31)32)30(35-25)34-24-10-7-22(8-11-24)28(39)40-5/h7-12,19-21H,6,13-18H2,1-5H3,(H,34,35)(H4,31,32,33). The minimum atomic E-state index is -0.398. The Labute approximate surface area is 236 Å². The van der Waals surface area contributed by atoms with E-state index >= 15 is 0 Å². The number of aryl methyl sites for hydroxylation is 1. The van der Waals surface area contributed by atoms with Crippen molar-refractivity contribution in [3.05, 3.63) is 53.6 Å². The Kier molecular flexibility index (Phi) is 10.9. The molecule has 0 spiro atoms. The highest BCUT2D eigenvalue weighted by atomic mass is 16.5. The molecule has 0 atom stereocenters. The molecule has 1 heterocycles. The largest absolute Gasteiger partial charge is 0.465 e. The molecule has 10 heteroatoms. The summed E-state index contributed by atoms with van der Waals surface area (Å²) in [4.78, 5) is 32.3. The lowest BCUT2D eigenvalue weighted by molar-refractivity contribution is 0.0600. The SMILES string of the molecule is COC(=O)c1ccc(Nc2nc3ccc(C(=O)N(CCC(C)C)CCC(C)C)cc3n2CCCNC(=N)N)cc1. The maximum Gasteiger partial charge on any atom is 0.337 e. The van der Waals surface area contributed by atoms with Crippen molar-refractivity contribution in [2.75, 3.05) is 32.1 Å². The summed E-state index contributed by atoms with van der Waals surface area (Å²) in [5.41, 5.74) is 8.91. The lowest BCUT2D eigenvalue weighted by atomic mass is 10.1. The van der Waals surface area contributed by atoms with Crippen molar-refractivity contribution in [2.45, 2.75) is 53.5 Å². The number of benzene rings is 2. The van der Waals surface area contributed by atoms with Gasteiger partial charge in [0.15, 0.2) is 5.96 Å². The number of methoxy groups -OCH3 is 1. The molecule has 0 aliphatic heterocycles. The Hall–Kier alpha value is -4.08. The van der Waals surface area contributed by atoms with Crippen LogP contribution in [0, 0.1) is 17.2 Å². The van der Waals surface area contributed by atoms with Crippen molar-refractivity contribution in [3.63, 3.8) is 0 Å². The van der Waals surface area contributed by atoms with Crippen LogP contribution < -0.4 is 16.4 Å². The predicted octanol–water partition coefficient (Wildman–Crippen LogP) is 4.97. The van der Waals surface area contributed by atoms with Crippen molar-refractivity contribution < 1.29 is 14.3 Å². The number of hydrogen-bond donors (Lipinski definition) is 4. The molecular weight excluding hydrogens is 506 g/mol. The number of ether oxygens (including phenoxy) is 1. The molecule has 216 valence electrons. The van der Waals surface area contributed by atoms with Gasteiger partial charge >= 0.3 is 5.97 Å². The molecule has 0 saturated heterocycles. The number of esters is 1. The molecule has 0 aliphatic rings. The van der Waals surface area contributed by atoms with Crippen LogP contribution in [0.1, 0.15) is 67.7 Å². The fourth-order valence-electron chi connectivity index (χ4n) is 4.30. The molecule has 3 aromatic rings. The van der Waals surface area contributed by atoms with Crippen LogP contribution in [-0.4, -0.2) is 59.0 Å². The summed E-state index contributed by atoms with van der Waals surface area (Å²) in [6.45, 7) is 11.3. The fraction of sp³-hybridized carbons (Fsp3) is 0.467. The second-order valence-electron chi connectivity index (χ2n) is 10.8. The first-order chi connectivity index (χ1) is 19.1. The number of anilines is 2. The number of guanidine groups is 1. The monoisotopic (exact) mass is 549 g/mol. The van der Waals surface area contributed by atoms with Crippen molar-refractivity contribution in [1.29, 1.82) is 5.41 Å². The number of nitrogens with zero attached hydrogens (tertiary/aromatic N) is 3. The molecular formula is C30H43N7O3. The van der Waals surface area contributed by atoms with Gasteiger partial charge in [-0.2, -0.15) is 0 Å². The number of rotatable bonds is 14. The molecule has 0 radical (unpaired) electrons. The summed E-state index contributed by atoms with van der Waals surface area (Å²) in [5, 5.41) is 13.6. The van der Waals surface area contributed by atoms with E-state index in [9.17, 15) is 9.59 Å². The number of nitrogens with two attached hydrogens (primary N) is 1. The van der Waals surface area contributed by atoms with E-state index in [1.54, 1.807) is 24.3 Å². The van der Waals surface area contributed by atoms with E-state index in [0.29, 0.717) is 48.4 Å². The van der Waals surface area contributed by atoms with E-state index in [4.69, 9.17) is 20.9 Å². The maximum absolute atomic E-state index is 13.7. The average molecular weight is 550 g/mol. The second kappa shape index (κ2) is 14.3. The number of carbonyl (C=O) groups excluding carboxylic acids is 2. The number of amides is 1. The number of fused-ring (bicyclic) bond motifs is 1. The van der Waals surface area contributed by atoms with Crippen LogP contribution in [0.5, 0.6) is 0 Å². The van der Waals surface area contributed by atoms with Gasteiger partial charge in [0.25, 0.3) is 5.91 Å². The number of nitrogens with one attached hydrogen (secondary N) is 3. The summed E-state index contributed by atoms with van der Waals surface area (Å²) in [5.74, 6) is 1.20. The first kappa shape index (κ1) is 30.5. The normalized spacial score (nSPS) is 11.2. The molecule has 0 bridgehead atoms. The van der Waals surface area contributed by atoms with Gasteiger partial charge in [-0.15, -0.1) is 0 Å². The third-order valence-electron chi connectivity index (χ3n) is 6.67. The van der Waals surface area contributed by atoms with Gasteiger partial charge in [0.1, 0.15) is 0 Å². The number of aromatic nitrogens is 2. The van der Waals surface area contributed by atoms with Crippen molar-refractivity contribution in [3.8, 4) is 0 Å². The first-order valence-corrected chi connectivity index (χ1v) is 13.9. The van der Waals surface area contributed by atoms with Gasteiger partial charge in [-0.1, -0.05) is 27.7 Å². The molecule has 1 amide bonds. The third kappa shape index (κ3) is 8.46. The third-order valence-corrected chi connectivity index (χ3v) is 6.67. The zero-order valence-corrected chi connectivity index (χ0v) is 24.3. The number of imidazole rings is 1. The lowest BCUT2D eigenvalue weighted by Gasteiger charge is -2.24. The summed E-state index contributed by atoms with van der Waals surface area (Å²) >= 11 is 0. The Balaban J connectivity index is 1.93. The lowest BCUT2D eigenvalue weighted by Crippen LogP contribution is -2.34. The highest BCUT2D eigenvalue weighted by molar-refractivity contribution is 5.98. The minimum absolute atomic E-state index is 0.0297. The van der Waals surface area contributed by atoms with Crippen molar-refractivity contribution in [2.24, 2.45) is 17.6 Å². The number of hydrogen-bond acceptors (Lipinski definition) is 6. The zero-order chi connectivity index (χ0) is 29.2. The van der Waals surface area contributed by atoms with Crippen molar-refractivity contribution >= 4 is 40.5 Å². The van der Waals surface area contributed by atoms with E-state index in [1.807, 2.05) is 27.7 Å². The Bertz CT molecular complexity index is 1290. The Morgan fingerprint density at radius 2 is 1.65 bits per heavy atom. The topological polar surface area (TPSA) is 138 Å². The van der Waals surface area contributed by atoms with Crippen LogP contribution in [0.25, 0.3) is 11.0 Å². The van der Waals surface area contributed by atoms with E-state index in [-0.39, 0.29) is 11.9 Å². The number of carbonyl (C=O) groups is 2. The first-order valence-electron chi connectivity index (χ1n) is 13.9. The van der Waals surface area contributed by atoms with E-state index < -0.39 is 5.97 Å². The van der Waals surface area contributed by atoms with Gasteiger partial charge in [-0.25, -0.2) is 9.78 Å². The molecule has 1 aromatic heterocycles. The predicted molar refractivity (Wildman–Crippen MR) is 160 cm³/mol. The van der Waals surface area contributed by atoms with Gasteiger partial charge < -0.3 is 30.6 Å². The molecule has 0 saturated carbocycles. The zero-order valence-electron chi connectivity index (χ0n) is 24.3. The fourth-order valence-corrected chi connectivity index (χ4v) is 4.30. The van der Waals surface area contributed by atoms with Gasteiger partial charge in [0, 0.05) is 37.4 Å². The molecule has 2 aromatic carbocycles. The van der Waals surface area contributed by atoms with E-state index in [1.165, 1.54) is 7.11 Å². The summed E-state index contributed by atoms with van der Waals surface area (Å²) in [6.07, 6.45) is 2.60. The molecule has 40 heavy (non-hydrogen) atoms.